The Labute approximate surface area is 123 Å². The molecule has 0 aliphatic heterocycles. The molecule has 0 atom stereocenters. The normalized spacial score (nSPS) is 14.9. The summed E-state index contributed by atoms with van der Waals surface area (Å²) in [6.07, 6.45) is 3.01. The van der Waals surface area contributed by atoms with Gasteiger partial charge in [-0.2, -0.15) is 0 Å². The predicted molar refractivity (Wildman–Crippen MR) is 78.9 cm³/mol. The van der Waals surface area contributed by atoms with Crippen molar-refractivity contribution in [3.63, 3.8) is 0 Å². The van der Waals surface area contributed by atoms with Crippen molar-refractivity contribution in [3.8, 4) is 5.75 Å². The van der Waals surface area contributed by atoms with Crippen LogP contribution in [0.3, 0.4) is 0 Å². The lowest BCUT2D eigenvalue weighted by Crippen LogP contribution is -2.22. The lowest BCUT2D eigenvalue weighted by molar-refractivity contribution is -0.119. The van der Waals surface area contributed by atoms with Gasteiger partial charge in [0.1, 0.15) is 5.75 Å². The van der Waals surface area contributed by atoms with Gasteiger partial charge >= 0.3 is 0 Å². The first-order chi connectivity index (χ1) is 9.99. The van der Waals surface area contributed by atoms with Crippen LogP contribution >= 0.6 is 0 Å². The van der Waals surface area contributed by atoms with Gasteiger partial charge in [-0.05, 0) is 32.4 Å². The lowest BCUT2D eigenvalue weighted by Gasteiger charge is -2.15. The molecule has 1 aromatic rings. The van der Waals surface area contributed by atoms with E-state index in [9.17, 15) is 14.7 Å². The van der Waals surface area contributed by atoms with Crippen molar-refractivity contribution < 1.29 is 19.4 Å². The van der Waals surface area contributed by atoms with Crippen molar-refractivity contribution in [2.24, 2.45) is 0 Å². The highest BCUT2D eigenvalue weighted by Gasteiger charge is 2.29. The maximum atomic E-state index is 12.3. The van der Waals surface area contributed by atoms with Gasteiger partial charge in [-0.25, -0.2) is 0 Å². The summed E-state index contributed by atoms with van der Waals surface area (Å²) in [7, 11) is 0. The van der Waals surface area contributed by atoms with Gasteiger partial charge in [-0.15, -0.1) is 0 Å². The number of ketones is 2. The first kappa shape index (κ1) is 14.8. The molecule has 108 valence electrons. The van der Waals surface area contributed by atoms with Gasteiger partial charge in [0.15, 0.2) is 11.5 Å². The number of rotatable bonds is 4. The van der Waals surface area contributed by atoms with E-state index in [0.29, 0.717) is 5.75 Å². The van der Waals surface area contributed by atoms with Crippen LogP contribution in [0.25, 0.3) is 0 Å². The van der Waals surface area contributed by atoms with E-state index in [1.165, 1.54) is 0 Å². The topological polar surface area (TPSA) is 63.6 Å². The number of carbonyl (C=O) groups is 2. The third kappa shape index (κ3) is 3.48. The SMILES string of the molecule is CC(C)=CCC1=C(O)C(=O)C=C(Oc2ccccc2)C1=O. The number of hydrogen-bond donors (Lipinski definition) is 1. The van der Waals surface area contributed by atoms with Crippen LogP contribution in [-0.2, 0) is 9.59 Å². The van der Waals surface area contributed by atoms with E-state index >= 15 is 0 Å². The Morgan fingerprint density at radius 1 is 1.19 bits per heavy atom. The van der Waals surface area contributed by atoms with Crippen molar-refractivity contribution in [3.05, 3.63) is 65.1 Å². The van der Waals surface area contributed by atoms with E-state index in [0.717, 1.165) is 11.6 Å². The zero-order valence-electron chi connectivity index (χ0n) is 11.9. The molecule has 2 rings (SSSR count). The Bertz CT molecular complexity index is 659. The number of aliphatic hydroxyl groups excluding tert-OH is 1. The van der Waals surface area contributed by atoms with Crippen molar-refractivity contribution in [1.82, 2.24) is 0 Å². The van der Waals surface area contributed by atoms with Crippen LogP contribution in [0.15, 0.2) is 65.1 Å². The molecular weight excluding hydrogens is 268 g/mol. The zero-order valence-corrected chi connectivity index (χ0v) is 11.9. The summed E-state index contributed by atoms with van der Waals surface area (Å²) in [5.74, 6) is -1.18. The summed E-state index contributed by atoms with van der Waals surface area (Å²) in [6, 6.07) is 8.73. The number of carbonyl (C=O) groups excluding carboxylic acids is 2. The average Bonchev–Trinajstić information content (AvgIpc) is 2.45. The Morgan fingerprint density at radius 3 is 2.48 bits per heavy atom. The van der Waals surface area contributed by atoms with Gasteiger partial charge in [0.2, 0.25) is 11.6 Å². The second kappa shape index (κ2) is 6.22. The van der Waals surface area contributed by atoms with Crippen molar-refractivity contribution in [2.45, 2.75) is 20.3 Å². The van der Waals surface area contributed by atoms with Crippen molar-refractivity contribution >= 4 is 11.6 Å². The van der Waals surface area contributed by atoms with Crippen LogP contribution in [0.5, 0.6) is 5.75 Å². The highest BCUT2D eigenvalue weighted by atomic mass is 16.5. The third-order valence-corrected chi connectivity index (χ3v) is 2.96. The molecule has 0 heterocycles. The largest absolute Gasteiger partial charge is 0.504 e. The Balaban J connectivity index is 2.26. The maximum absolute atomic E-state index is 12.3. The first-order valence-electron chi connectivity index (χ1n) is 6.58. The molecular formula is C17H16O4. The van der Waals surface area contributed by atoms with E-state index < -0.39 is 17.3 Å². The van der Waals surface area contributed by atoms with Gasteiger partial charge in [-0.3, -0.25) is 9.59 Å². The fourth-order valence-corrected chi connectivity index (χ4v) is 1.84. The lowest BCUT2D eigenvalue weighted by atomic mass is 9.96. The fraction of sp³-hybridized carbons (Fsp3) is 0.176. The number of benzene rings is 1. The second-order valence-corrected chi connectivity index (χ2v) is 4.93. The molecule has 1 aliphatic carbocycles. The molecule has 0 bridgehead atoms. The molecule has 21 heavy (non-hydrogen) atoms. The number of ether oxygens (including phenoxy) is 1. The first-order valence-corrected chi connectivity index (χ1v) is 6.58. The number of para-hydroxylation sites is 1. The average molecular weight is 284 g/mol. The summed E-state index contributed by atoms with van der Waals surface area (Å²) in [6.45, 7) is 3.76. The van der Waals surface area contributed by atoms with Crippen LogP contribution in [0.1, 0.15) is 20.3 Å². The molecule has 0 aromatic heterocycles. The molecule has 4 heteroatoms. The molecule has 1 aromatic carbocycles. The number of allylic oxidation sites excluding steroid dienone is 4. The molecule has 0 amide bonds. The van der Waals surface area contributed by atoms with Gasteiger partial charge in [0.05, 0.1) is 5.57 Å². The minimum absolute atomic E-state index is 0.0645. The van der Waals surface area contributed by atoms with Crippen molar-refractivity contribution in [1.29, 1.82) is 0 Å². The molecule has 4 nitrogen and oxygen atoms in total. The summed E-state index contributed by atoms with van der Waals surface area (Å²) in [5, 5.41) is 9.78. The number of aliphatic hydroxyl groups is 1. The Morgan fingerprint density at radius 2 is 1.86 bits per heavy atom. The Kier molecular flexibility index (Phi) is 4.38. The van der Waals surface area contributed by atoms with E-state index in [2.05, 4.69) is 0 Å². The molecule has 0 saturated heterocycles. The van der Waals surface area contributed by atoms with E-state index in [1.54, 1.807) is 30.3 Å². The van der Waals surface area contributed by atoms with Gasteiger partial charge < -0.3 is 9.84 Å². The zero-order chi connectivity index (χ0) is 15.4. The monoisotopic (exact) mass is 284 g/mol. The van der Waals surface area contributed by atoms with E-state index in [-0.39, 0.29) is 17.8 Å². The third-order valence-electron chi connectivity index (χ3n) is 2.96. The van der Waals surface area contributed by atoms with E-state index in [1.807, 2.05) is 19.9 Å². The standard InChI is InChI=1S/C17H16O4/c1-11(2)8-9-13-16(19)14(18)10-15(17(13)20)21-12-6-4-3-5-7-12/h3-8,10,19H,9H2,1-2H3. The minimum atomic E-state index is -0.613. The summed E-state index contributed by atoms with van der Waals surface area (Å²) in [5.41, 5.74) is 1.06. The van der Waals surface area contributed by atoms with Crippen LogP contribution < -0.4 is 4.74 Å². The molecule has 0 unspecified atom stereocenters. The molecule has 0 saturated carbocycles. The molecule has 1 N–H and O–H groups in total. The van der Waals surface area contributed by atoms with Gasteiger partial charge in [0, 0.05) is 6.08 Å². The highest BCUT2D eigenvalue weighted by molar-refractivity contribution is 6.21. The second-order valence-electron chi connectivity index (χ2n) is 4.93. The minimum Gasteiger partial charge on any atom is -0.504 e. The maximum Gasteiger partial charge on any atom is 0.228 e. The number of hydrogen-bond acceptors (Lipinski definition) is 4. The number of Topliss-reactive ketones (excluding diaryl/α,β-unsaturated/α-hetero) is 1. The van der Waals surface area contributed by atoms with Crippen LogP contribution in [0.2, 0.25) is 0 Å². The predicted octanol–water partition coefficient (Wildman–Crippen LogP) is 3.27. The van der Waals surface area contributed by atoms with Gasteiger partial charge in [0.25, 0.3) is 0 Å². The smallest absolute Gasteiger partial charge is 0.228 e. The van der Waals surface area contributed by atoms with Crippen molar-refractivity contribution in [2.75, 3.05) is 0 Å². The molecule has 1 aliphatic rings. The van der Waals surface area contributed by atoms with Gasteiger partial charge in [-0.1, -0.05) is 29.8 Å². The van der Waals surface area contributed by atoms with E-state index in [4.69, 9.17) is 4.74 Å². The Hall–Kier alpha value is -2.62. The fourth-order valence-electron chi connectivity index (χ4n) is 1.84. The summed E-state index contributed by atoms with van der Waals surface area (Å²) >= 11 is 0. The summed E-state index contributed by atoms with van der Waals surface area (Å²) in [4.78, 5) is 24.1. The van der Waals surface area contributed by atoms with Crippen LogP contribution in [-0.4, -0.2) is 16.7 Å². The molecule has 0 fully saturated rings. The highest BCUT2D eigenvalue weighted by Crippen LogP contribution is 2.24. The quantitative estimate of drug-likeness (QED) is 0.681. The van der Waals surface area contributed by atoms with Crippen LogP contribution in [0.4, 0.5) is 0 Å². The molecule has 0 spiro atoms. The summed E-state index contributed by atoms with van der Waals surface area (Å²) < 4.78 is 5.45. The van der Waals surface area contributed by atoms with Crippen LogP contribution in [0, 0.1) is 0 Å². The molecule has 0 radical (unpaired) electrons.